The highest BCUT2D eigenvalue weighted by Crippen LogP contribution is 2.38. The molecule has 0 amide bonds. The number of hydrogen-bond acceptors (Lipinski definition) is 4. The Bertz CT molecular complexity index is 750. The fraction of sp³-hybridized carbons (Fsp3) is 0.286. The van der Waals surface area contributed by atoms with Crippen LogP contribution in [0, 0.1) is 13.8 Å². The molecule has 6 heteroatoms. The fourth-order valence-electron chi connectivity index (χ4n) is 2.38. The lowest BCUT2D eigenvalue weighted by Gasteiger charge is -2.29. The van der Waals surface area contributed by atoms with Gasteiger partial charge in [-0.15, -0.1) is 23.1 Å². The minimum atomic E-state index is -3.45. The average molecular weight is 325 g/mol. The quantitative estimate of drug-likeness (QED) is 0.845. The van der Waals surface area contributed by atoms with Crippen molar-refractivity contribution >= 4 is 38.8 Å². The van der Waals surface area contributed by atoms with E-state index >= 15 is 0 Å². The Hall–Kier alpha value is -0.980. The summed E-state index contributed by atoms with van der Waals surface area (Å²) >= 11 is 3.24. The Labute approximate surface area is 127 Å². The van der Waals surface area contributed by atoms with Crippen LogP contribution < -0.4 is 4.31 Å². The van der Waals surface area contributed by atoms with Crippen LogP contribution in [0.3, 0.4) is 0 Å². The number of thioether (sulfide) groups is 1. The first kappa shape index (κ1) is 14.0. The highest BCUT2D eigenvalue weighted by Gasteiger charge is 2.31. The van der Waals surface area contributed by atoms with E-state index in [9.17, 15) is 8.42 Å². The third-order valence-electron chi connectivity index (χ3n) is 3.25. The van der Waals surface area contributed by atoms with E-state index in [1.807, 2.05) is 38.1 Å². The molecule has 0 spiro atoms. The zero-order chi connectivity index (χ0) is 14.3. The molecule has 3 rings (SSSR count). The van der Waals surface area contributed by atoms with E-state index in [2.05, 4.69) is 0 Å². The van der Waals surface area contributed by atoms with Gasteiger partial charge in [0, 0.05) is 26.9 Å². The van der Waals surface area contributed by atoms with Gasteiger partial charge >= 0.3 is 0 Å². The number of thiophene rings is 1. The van der Waals surface area contributed by atoms with Gasteiger partial charge in [-0.1, -0.05) is 12.1 Å². The summed E-state index contributed by atoms with van der Waals surface area (Å²) in [6.07, 6.45) is 0. The Morgan fingerprint density at radius 1 is 1.20 bits per heavy atom. The van der Waals surface area contributed by atoms with Gasteiger partial charge in [0.15, 0.2) is 0 Å². The van der Waals surface area contributed by atoms with Gasteiger partial charge in [-0.25, -0.2) is 8.42 Å². The Kier molecular flexibility index (Phi) is 3.56. The van der Waals surface area contributed by atoms with Crippen LogP contribution in [0.4, 0.5) is 5.69 Å². The number of fused-ring (bicyclic) bond motifs is 1. The van der Waals surface area contributed by atoms with Crippen molar-refractivity contribution in [2.45, 2.75) is 23.6 Å². The summed E-state index contributed by atoms with van der Waals surface area (Å²) in [5.74, 6) is 0.790. The van der Waals surface area contributed by atoms with Crippen molar-refractivity contribution < 1.29 is 8.42 Å². The fourth-order valence-corrected chi connectivity index (χ4v) is 6.56. The zero-order valence-electron chi connectivity index (χ0n) is 11.3. The molecule has 0 radical (unpaired) electrons. The summed E-state index contributed by atoms with van der Waals surface area (Å²) < 4.78 is 27.4. The second-order valence-corrected chi connectivity index (χ2v) is 9.10. The molecule has 0 bridgehead atoms. The molecule has 0 unspecified atom stereocenters. The maximum Gasteiger partial charge on any atom is 0.265 e. The van der Waals surface area contributed by atoms with Gasteiger partial charge in [-0.05, 0) is 32.0 Å². The molecule has 1 aliphatic rings. The van der Waals surface area contributed by atoms with Gasteiger partial charge in [0.1, 0.15) is 4.90 Å². The number of benzene rings is 1. The predicted octanol–water partition coefficient (Wildman–Crippen LogP) is 3.67. The molecule has 20 heavy (non-hydrogen) atoms. The molecule has 0 atom stereocenters. The molecular weight excluding hydrogens is 310 g/mol. The van der Waals surface area contributed by atoms with Crippen molar-refractivity contribution in [3.05, 3.63) is 40.1 Å². The average Bonchev–Trinajstić information content (AvgIpc) is 2.78. The Balaban J connectivity index is 2.12. The number of para-hydroxylation sites is 1. The zero-order valence-corrected chi connectivity index (χ0v) is 13.7. The minimum Gasteiger partial charge on any atom is -0.264 e. The molecule has 2 heterocycles. The van der Waals surface area contributed by atoms with Crippen molar-refractivity contribution in [1.29, 1.82) is 0 Å². The second kappa shape index (κ2) is 5.09. The van der Waals surface area contributed by atoms with Crippen molar-refractivity contribution in [3.63, 3.8) is 0 Å². The number of aryl methyl sites for hydroxylation is 2. The van der Waals surface area contributed by atoms with Gasteiger partial charge in [0.05, 0.1) is 5.69 Å². The maximum absolute atomic E-state index is 12.9. The molecule has 0 N–H and O–H groups in total. The number of nitrogens with zero attached hydrogens (tertiary/aromatic N) is 1. The van der Waals surface area contributed by atoms with Crippen molar-refractivity contribution in [3.8, 4) is 0 Å². The Morgan fingerprint density at radius 2 is 1.95 bits per heavy atom. The lowest BCUT2D eigenvalue weighted by atomic mass is 10.3. The summed E-state index contributed by atoms with van der Waals surface area (Å²) in [6, 6.07) is 9.47. The third kappa shape index (κ3) is 2.25. The molecule has 2 aromatic rings. The first-order chi connectivity index (χ1) is 9.50. The first-order valence-corrected chi connectivity index (χ1v) is 9.56. The van der Waals surface area contributed by atoms with E-state index in [1.54, 1.807) is 22.1 Å². The van der Waals surface area contributed by atoms with Crippen molar-refractivity contribution in [2.75, 3.05) is 16.6 Å². The first-order valence-electron chi connectivity index (χ1n) is 6.32. The van der Waals surface area contributed by atoms with Crippen LogP contribution in [-0.2, 0) is 10.0 Å². The lowest BCUT2D eigenvalue weighted by molar-refractivity contribution is 0.591. The number of rotatable bonds is 2. The predicted molar refractivity (Wildman–Crippen MR) is 85.5 cm³/mol. The van der Waals surface area contributed by atoms with Crippen molar-refractivity contribution in [1.82, 2.24) is 0 Å². The molecule has 0 saturated carbocycles. The van der Waals surface area contributed by atoms with Crippen LogP contribution in [0.2, 0.25) is 0 Å². The van der Waals surface area contributed by atoms with Crippen LogP contribution in [0.15, 0.2) is 40.1 Å². The molecule has 1 aliphatic heterocycles. The van der Waals surface area contributed by atoms with Crippen LogP contribution in [0.1, 0.15) is 9.75 Å². The summed E-state index contributed by atoms with van der Waals surface area (Å²) in [5, 5.41) is 0. The summed E-state index contributed by atoms with van der Waals surface area (Å²) in [4.78, 5) is 3.37. The molecule has 0 fully saturated rings. The molecular formula is C14H15NO2S3. The second-order valence-electron chi connectivity index (χ2n) is 4.67. The number of sulfonamides is 1. The monoisotopic (exact) mass is 325 g/mol. The van der Waals surface area contributed by atoms with Gasteiger partial charge in [-0.3, -0.25) is 4.31 Å². The van der Waals surface area contributed by atoms with E-state index in [4.69, 9.17) is 0 Å². The van der Waals surface area contributed by atoms with Crippen LogP contribution in [-0.4, -0.2) is 20.7 Å². The highest BCUT2D eigenvalue weighted by atomic mass is 32.2. The molecule has 106 valence electrons. The smallest absolute Gasteiger partial charge is 0.264 e. The van der Waals surface area contributed by atoms with Gasteiger partial charge in [0.25, 0.3) is 10.0 Å². The summed E-state index contributed by atoms with van der Waals surface area (Å²) in [5.41, 5.74) is 0.798. The largest absolute Gasteiger partial charge is 0.265 e. The molecule has 0 aliphatic carbocycles. The Morgan fingerprint density at radius 3 is 2.65 bits per heavy atom. The SMILES string of the molecule is Cc1cc(S(=O)(=O)N2CCSc3ccccc32)c(C)s1. The molecule has 1 aromatic carbocycles. The van der Waals surface area contributed by atoms with Gasteiger partial charge in [0.2, 0.25) is 0 Å². The summed E-state index contributed by atoms with van der Waals surface area (Å²) in [6.45, 7) is 4.34. The lowest BCUT2D eigenvalue weighted by Crippen LogP contribution is -2.35. The van der Waals surface area contributed by atoms with E-state index in [1.165, 1.54) is 11.3 Å². The van der Waals surface area contributed by atoms with Crippen LogP contribution in [0.5, 0.6) is 0 Å². The number of anilines is 1. The molecule has 3 nitrogen and oxygen atoms in total. The third-order valence-corrected chi connectivity index (χ3v) is 7.33. The van der Waals surface area contributed by atoms with Gasteiger partial charge in [-0.2, -0.15) is 0 Å². The maximum atomic E-state index is 12.9. The topological polar surface area (TPSA) is 37.4 Å². The molecule has 1 aromatic heterocycles. The normalized spacial score (nSPS) is 15.2. The van der Waals surface area contributed by atoms with E-state index in [-0.39, 0.29) is 0 Å². The summed E-state index contributed by atoms with van der Waals surface area (Å²) in [7, 11) is -3.45. The number of hydrogen-bond donors (Lipinski definition) is 0. The van der Waals surface area contributed by atoms with Crippen LogP contribution >= 0.6 is 23.1 Å². The van der Waals surface area contributed by atoms with E-state index < -0.39 is 10.0 Å². The van der Waals surface area contributed by atoms with E-state index in [0.717, 1.165) is 26.1 Å². The van der Waals surface area contributed by atoms with E-state index in [0.29, 0.717) is 11.4 Å². The van der Waals surface area contributed by atoms with Crippen LogP contribution in [0.25, 0.3) is 0 Å². The van der Waals surface area contributed by atoms with Crippen molar-refractivity contribution in [2.24, 2.45) is 0 Å². The highest BCUT2D eigenvalue weighted by molar-refractivity contribution is 8.00. The van der Waals surface area contributed by atoms with Gasteiger partial charge < -0.3 is 0 Å². The standard InChI is InChI=1S/C14H15NO2S3/c1-10-9-14(11(2)19-10)20(16,17)15-7-8-18-13-6-4-3-5-12(13)15/h3-6,9H,7-8H2,1-2H3. The molecule has 0 saturated heterocycles. The minimum absolute atomic E-state index is 0.446.